The molecule has 51 heavy (non-hydrogen) atoms. The molecule has 6 nitrogen and oxygen atoms in total. The lowest BCUT2D eigenvalue weighted by molar-refractivity contribution is 0.174. The van der Waals surface area contributed by atoms with Gasteiger partial charge in [-0.25, -0.2) is 0 Å². The van der Waals surface area contributed by atoms with E-state index < -0.39 is 0 Å². The fourth-order valence-electron chi connectivity index (χ4n) is 5.10. The Morgan fingerprint density at radius 3 is 1.73 bits per heavy atom. The van der Waals surface area contributed by atoms with Gasteiger partial charge in [0, 0.05) is 11.8 Å². The maximum atomic E-state index is 5.34. The van der Waals surface area contributed by atoms with E-state index in [1.807, 2.05) is 91.1 Å². The Morgan fingerprint density at radius 2 is 1.04 bits per heavy atom. The second-order valence-corrected chi connectivity index (χ2v) is 10.5. The number of fused-ring (bicyclic) bond motifs is 5. The van der Waals surface area contributed by atoms with Crippen LogP contribution in [0, 0.1) is 0 Å². The van der Waals surface area contributed by atoms with E-state index >= 15 is 0 Å². The van der Waals surface area contributed by atoms with Crippen LogP contribution < -0.4 is 24.3 Å². The molecule has 5 aromatic rings. The summed E-state index contributed by atoms with van der Waals surface area (Å²) in [4.78, 5) is 4.17. The number of aromatic nitrogens is 1. The van der Waals surface area contributed by atoms with E-state index in [0.29, 0.717) is 20.1 Å². The van der Waals surface area contributed by atoms with E-state index in [2.05, 4.69) is 71.0 Å². The van der Waals surface area contributed by atoms with Crippen molar-refractivity contribution >= 4 is 23.9 Å². The molecule has 4 heterocycles. The van der Waals surface area contributed by atoms with Gasteiger partial charge in [-0.3, -0.25) is 4.98 Å². The summed E-state index contributed by atoms with van der Waals surface area (Å²) in [6, 6.07) is 36.2. The van der Waals surface area contributed by atoms with Gasteiger partial charge < -0.3 is 24.3 Å². The molecule has 0 amide bonds. The average molecular weight is 689 g/mol. The second kappa shape index (κ2) is 22.8. The van der Waals surface area contributed by atoms with Crippen LogP contribution in [0.25, 0.3) is 18.2 Å². The fourth-order valence-corrected chi connectivity index (χ4v) is 5.10. The van der Waals surface area contributed by atoms with Crippen molar-refractivity contribution in [1.29, 1.82) is 0 Å². The van der Waals surface area contributed by atoms with E-state index in [4.69, 9.17) is 18.9 Å². The zero-order chi connectivity index (χ0) is 31.2. The Morgan fingerprint density at radius 1 is 0.471 bits per heavy atom. The lowest BCUT2D eigenvalue weighted by Gasteiger charge is -2.10. The highest BCUT2D eigenvalue weighted by Gasteiger charge is 2.10. The van der Waals surface area contributed by atoms with Crippen LogP contribution in [0.4, 0.5) is 5.69 Å². The number of allylic oxidation sites excluding steroid dienone is 2. The number of para-hydroxylation sites is 5. The third-order valence-electron chi connectivity index (χ3n) is 7.44. The fraction of sp³-hybridized carbons (Fsp3) is 0.222. The van der Waals surface area contributed by atoms with Gasteiger partial charge in [-0.05, 0) is 78.1 Å². The molecule has 4 aromatic carbocycles. The van der Waals surface area contributed by atoms with Crippen LogP contribution in [0.1, 0.15) is 65.1 Å². The Labute approximate surface area is 307 Å². The summed E-state index contributed by atoms with van der Waals surface area (Å²) in [7, 11) is 0. The molecule has 0 atom stereocenters. The largest absolute Gasteiger partial charge is 0.489 e. The van der Waals surface area contributed by atoms with Gasteiger partial charge in [0.2, 0.25) is 6.79 Å². The molecular formula is C45H56N2O4. The minimum Gasteiger partial charge on any atom is -0.489 e. The minimum atomic E-state index is 0. The summed E-state index contributed by atoms with van der Waals surface area (Å²) in [6.45, 7) is 1.68. The number of nitrogens with one attached hydrogen (secondary N) is 1. The zero-order valence-corrected chi connectivity index (χ0v) is 25.5. The monoisotopic (exact) mass is 688 g/mol. The summed E-state index contributed by atoms with van der Waals surface area (Å²) in [6.07, 6.45) is 16.7. The maximum Gasteiger partial charge on any atom is 0.231 e. The van der Waals surface area contributed by atoms with E-state index in [1.165, 1.54) is 22.3 Å². The number of nitrogens with zero attached hydrogens (tertiary/aromatic N) is 1. The van der Waals surface area contributed by atoms with Crippen LogP contribution in [-0.4, -0.2) is 25.1 Å². The normalized spacial score (nSPS) is 12.5. The van der Waals surface area contributed by atoms with E-state index in [1.54, 1.807) is 0 Å². The third kappa shape index (κ3) is 12.3. The molecule has 6 heteroatoms. The predicted octanol–water partition coefficient (Wildman–Crippen LogP) is 12.0. The van der Waals surface area contributed by atoms with Crippen LogP contribution in [0.15, 0.2) is 134 Å². The summed E-state index contributed by atoms with van der Waals surface area (Å²) in [5.74, 6) is 3.64. The predicted molar refractivity (Wildman–Crippen MR) is 219 cm³/mol. The molecule has 5 aliphatic rings. The Kier molecular flexibility index (Phi) is 19.3. The smallest absolute Gasteiger partial charge is 0.231 e. The van der Waals surface area contributed by atoms with Gasteiger partial charge in [-0.15, -0.1) is 0 Å². The molecular weight excluding hydrogens is 633 g/mol. The summed E-state index contributed by atoms with van der Waals surface area (Å²) < 4.78 is 20.7. The van der Waals surface area contributed by atoms with Crippen molar-refractivity contribution in [2.24, 2.45) is 0 Å². The van der Waals surface area contributed by atoms with Crippen molar-refractivity contribution in [3.63, 3.8) is 0 Å². The number of anilines is 1. The molecule has 0 fully saturated rings. The van der Waals surface area contributed by atoms with E-state index in [0.717, 1.165) is 47.2 Å². The first-order valence-corrected chi connectivity index (χ1v) is 15.4. The van der Waals surface area contributed by atoms with Crippen LogP contribution in [0.3, 0.4) is 0 Å². The quantitative estimate of drug-likeness (QED) is 0.175. The SMILES string of the molecule is C.C.C.C.C.C1=Cc2ccccc2C1.C1=Cc2ccccc2OC1.C1=Cc2ncccc2C1.c1ccc2c(c1)NCO2.c1ccc2c(c1)OCO2. The molecule has 3 aliphatic heterocycles. The lowest BCUT2D eigenvalue weighted by Crippen LogP contribution is -1.98. The highest BCUT2D eigenvalue weighted by molar-refractivity contribution is 5.60. The number of hydrogen-bond acceptors (Lipinski definition) is 6. The molecule has 1 aromatic heterocycles. The molecule has 0 spiro atoms. The topological polar surface area (TPSA) is 61.8 Å². The second-order valence-electron chi connectivity index (χ2n) is 10.5. The number of pyridine rings is 1. The Bertz CT molecular complexity index is 1660. The Balaban J connectivity index is 0.000000311. The van der Waals surface area contributed by atoms with Gasteiger partial charge in [0.25, 0.3) is 0 Å². The first-order chi connectivity index (χ1) is 22.8. The first kappa shape index (κ1) is 43.3. The third-order valence-corrected chi connectivity index (χ3v) is 7.44. The molecule has 0 unspecified atom stereocenters. The molecule has 0 saturated carbocycles. The number of hydrogen-bond donors (Lipinski definition) is 1. The van der Waals surface area contributed by atoms with Crippen molar-refractivity contribution in [3.8, 4) is 23.0 Å². The average Bonchev–Trinajstić information content (AvgIpc) is 3.96. The van der Waals surface area contributed by atoms with Crippen LogP contribution in [0.5, 0.6) is 23.0 Å². The summed E-state index contributed by atoms with van der Waals surface area (Å²) >= 11 is 0. The molecule has 10 rings (SSSR count). The van der Waals surface area contributed by atoms with Crippen LogP contribution in [0.2, 0.25) is 0 Å². The van der Waals surface area contributed by atoms with E-state index in [-0.39, 0.29) is 37.1 Å². The van der Waals surface area contributed by atoms with Gasteiger partial charge in [0.15, 0.2) is 18.2 Å². The lowest BCUT2D eigenvalue weighted by atomic mass is 10.1. The van der Waals surface area contributed by atoms with Crippen LogP contribution >= 0.6 is 0 Å². The van der Waals surface area contributed by atoms with Crippen molar-refractivity contribution in [2.75, 3.05) is 25.4 Å². The molecule has 0 saturated heterocycles. The number of ether oxygens (including phenoxy) is 4. The highest BCUT2D eigenvalue weighted by Crippen LogP contribution is 2.30. The van der Waals surface area contributed by atoms with Crippen molar-refractivity contribution < 1.29 is 18.9 Å². The summed E-state index contributed by atoms with van der Waals surface area (Å²) in [5.41, 5.74) is 7.59. The Hall–Kier alpha value is -5.75. The molecule has 1 N–H and O–H groups in total. The minimum absolute atomic E-state index is 0. The first-order valence-electron chi connectivity index (χ1n) is 15.4. The molecule has 270 valence electrons. The molecule has 0 bridgehead atoms. The molecule has 0 radical (unpaired) electrons. The summed E-state index contributed by atoms with van der Waals surface area (Å²) in [5, 5.41) is 3.08. The van der Waals surface area contributed by atoms with Crippen molar-refractivity contribution in [3.05, 3.63) is 162 Å². The molecule has 2 aliphatic carbocycles. The van der Waals surface area contributed by atoms with Gasteiger partial charge in [0.05, 0.1) is 11.4 Å². The van der Waals surface area contributed by atoms with Crippen LogP contribution in [-0.2, 0) is 12.8 Å². The standard InChI is InChI=1S/C9H8O.C9H8.C8H7N.C7H7NO.C7H6O2.5CH4/c1-2-6-9-8(4-1)5-3-7-10-9;1-2-5-9-7-3-6-8(9)4-1;1-3-7-4-2-6-9-8(7)5-1;2*1-2-4-7-6(3-1)8-5-9-7;;;;;/h1-6H,7H2;1-6H,7H2;1-2,4-6H,3H2;1-4,8H,5H2;1-4H,5H2;5*1H4. The van der Waals surface area contributed by atoms with Gasteiger partial charge in [-0.1, -0.05) is 134 Å². The number of benzene rings is 4. The van der Waals surface area contributed by atoms with Gasteiger partial charge in [0.1, 0.15) is 18.1 Å². The van der Waals surface area contributed by atoms with Gasteiger partial charge in [-0.2, -0.15) is 0 Å². The van der Waals surface area contributed by atoms with Crippen molar-refractivity contribution in [1.82, 2.24) is 4.98 Å². The highest BCUT2D eigenvalue weighted by atomic mass is 16.7. The zero-order valence-electron chi connectivity index (χ0n) is 25.5. The maximum absolute atomic E-state index is 5.34. The van der Waals surface area contributed by atoms with Gasteiger partial charge >= 0.3 is 0 Å². The number of rotatable bonds is 0. The van der Waals surface area contributed by atoms with E-state index in [9.17, 15) is 0 Å². The van der Waals surface area contributed by atoms with Crippen molar-refractivity contribution in [2.45, 2.75) is 50.0 Å².